The topological polar surface area (TPSA) is 60.0 Å². The molecule has 4 aromatic carbocycles. The first-order valence-corrected chi connectivity index (χ1v) is 13.4. The van der Waals surface area contributed by atoms with Gasteiger partial charge in [0.15, 0.2) is 18.2 Å². The van der Waals surface area contributed by atoms with Gasteiger partial charge in [-0.2, -0.15) is 0 Å². The summed E-state index contributed by atoms with van der Waals surface area (Å²) in [6.07, 6.45) is 0.703. The van der Waals surface area contributed by atoms with E-state index < -0.39 is 11.8 Å². The van der Waals surface area contributed by atoms with Crippen molar-refractivity contribution >= 4 is 28.1 Å². The molecule has 1 aliphatic heterocycles. The van der Waals surface area contributed by atoms with Crippen LogP contribution in [0.5, 0.6) is 11.5 Å². The summed E-state index contributed by atoms with van der Waals surface area (Å²) in [5, 5.41) is 6.15. The van der Waals surface area contributed by atoms with Crippen molar-refractivity contribution in [2.75, 3.05) is 31.2 Å². The van der Waals surface area contributed by atoms with Crippen molar-refractivity contribution in [2.45, 2.75) is 32.4 Å². The second-order valence-electron chi connectivity index (χ2n) is 9.56. The van der Waals surface area contributed by atoms with E-state index in [9.17, 15) is 9.18 Å². The molecule has 1 heterocycles. The highest BCUT2D eigenvalue weighted by molar-refractivity contribution is 5.86. The minimum absolute atomic E-state index is 0.00616. The zero-order valence-electron chi connectivity index (χ0n) is 22.2. The van der Waals surface area contributed by atoms with Gasteiger partial charge in [-0.05, 0) is 67.4 Å². The summed E-state index contributed by atoms with van der Waals surface area (Å²) in [4.78, 5) is 13.8. The SMILES string of the molecule is CCOC(=O)COc1cc(N2CC(CCN[C@H](C)c3cccc4ccccc34)Oc3ccccc32)ccc1F. The standard InChI is InChI=1S/C32H33FN2O4/c1-3-37-32(36)21-38-31-19-24(15-16-28(31)33)35-20-25(39-30-14-7-6-13-29(30)35)17-18-34-22(2)26-12-8-10-23-9-4-5-11-27(23)26/h4-16,19,22,25,34H,3,17-18,20-21H2,1-2H3/t22-,25?/m1/s1. The smallest absolute Gasteiger partial charge is 0.344 e. The van der Waals surface area contributed by atoms with Crippen molar-refractivity contribution in [3.63, 3.8) is 0 Å². The Labute approximate surface area is 228 Å². The molecule has 0 radical (unpaired) electrons. The molecule has 0 bridgehead atoms. The number of carbonyl (C=O) groups is 1. The monoisotopic (exact) mass is 528 g/mol. The van der Waals surface area contributed by atoms with Crippen LogP contribution in [0.2, 0.25) is 0 Å². The van der Waals surface area contributed by atoms with Crippen LogP contribution in [0.1, 0.15) is 31.9 Å². The number of para-hydroxylation sites is 2. The van der Waals surface area contributed by atoms with Crippen molar-refractivity contribution < 1.29 is 23.4 Å². The molecule has 39 heavy (non-hydrogen) atoms. The number of anilines is 2. The zero-order valence-corrected chi connectivity index (χ0v) is 22.2. The molecule has 4 aromatic rings. The van der Waals surface area contributed by atoms with Gasteiger partial charge >= 0.3 is 5.97 Å². The van der Waals surface area contributed by atoms with Gasteiger partial charge in [0.25, 0.3) is 0 Å². The maximum Gasteiger partial charge on any atom is 0.344 e. The molecule has 0 spiro atoms. The average Bonchev–Trinajstić information content (AvgIpc) is 2.96. The Balaban J connectivity index is 1.28. The van der Waals surface area contributed by atoms with Crippen LogP contribution >= 0.6 is 0 Å². The highest BCUT2D eigenvalue weighted by Gasteiger charge is 2.27. The molecule has 0 amide bonds. The summed E-state index contributed by atoms with van der Waals surface area (Å²) >= 11 is 0. The average molecular weight is 529 g/mol. The molecule has 1 N–H and O–H groups in total. The number of benzene rings is 4. The first-order chi connectivity index (χ1) is 19.0. The lowest BCUT2D eigenvalue weighted by molar-refractivity contribution is -0.145. The van der Waals surface area contributed by atoms with Crippen LogP contribution in [-0.4, -0.2) is 38.4 Å². The summed E-state index contributed by atoms with van der Waals surface area (Å²) in [5.74, 6) is -0.294. The normalized spacial score (nSPS) is 15.4. The number of carbonyl (C=O) groups excluding carboxylic acids is 1. The van der Waals surface area contributed by atoms with Crippen molar-refractivity contribution in [3.05, 3.63) is 96.3 Å². The number of hydrogen-bond acceptors (Lipinski definition) is 6. The van der Waals surface area contributed by atoms with E-state index in [-0.39, 0.29) is 31.1 Å². The van der Waals surface area contributed by atoms with Crippen LogP contribution in [-0.2, 0) is 9.53 Å². The van der Waals surface area contributed by atoms with E-state index in [4.69, 9.17) is 14.2 Å². The molecule has 0 saturated heterocycles. The van der Waals surface area contributed by atoms with Crippen LogP contribution in [0.15, 0.2) is 84.9 Å². The first kappa shape index (κ1) is 26.5. The lowest BCUT2D eigenvalue weighted by Gasteiger charge is -2.36. The minimum Gasteiger partial charge on any atom is -0.486 e. The minimum atomic E-state index is -0.538. The van der Waals surface area contributed by atoms with Crippen molar-refractivity contribution in [2.24, 2.45) is 0 Å². The van der Waals surface area contributed by atoms with Gasteiger partial charge in [0.2, 0.25) is 0 Å². The molecule has 1 aliphatic rings. The van der Waals surface area contributed by atoms with Gasteiger partial charge in [-0.3, -0.25) is 0 Å². The summed E-state index contributed by atoms with van der Waals surface area (Å²) in [5.41, 5.74) is 2.92. The van der Waals surface area contributed by atoms with Crippen LogP contribution in [0.3, 0.4) is 0 Å². The Bertz CT molecular complexity index is 1440. The second-order valence-corrected chi connectivity index (χ2v) is 9.56. The molecule has 0 saturated carbocycles. The highest BCUT2D eigenvalue weighted by atomic mass is 19.1. The lowest BCUT2D eigenvalue weighted by Crippen LogP contribution is -2.39. The van der Waals surface area contributed by atoms with Crippen LogP contribution in [0.4, 0.5) is 15.8 Å². The van der Waals surface area contributed by atoms with Gasteiger partial charge in [-0.15, -0.1) is 0 Å². The number of nitrogens with one attached hydrogen (secondary N) is 1. The fourth-order valence-corrected chi connectivity index (χ4v) is 5.00. The summed E-state index contributed by atoms with van der Waals surface area (Å²) in [6.45, 7) is 5.14. The molecular weight excluding hydrogens is 495 g/mol. The molecular formula is C32H33FN2O4. The van der Waals surface area contributed by atoms with E-state index in [0.29, 0.717) is 6.54 Å². The highest BCUT2D eigenvalue weighted by Crippen LogP contribution is 2.40. The van der Waals surface area contributed by atoms with Crippen molar-refractivity contribution in [3.8, 4) is 11.5 Å². The summed E-state index contributed by atoms with van der Waals surface area (Å²) in [6, 6.07) is 27.5. The molecule has 2 atom stereocenters. The molecule has 7 heteroatoms. The Morgan fingerprint density at radius 3 is 2.74 bits per heavy atom. The molecule has 5 rings (SSSR count). The third-order valence-corrected chi connectivity index (χ3v) is 6.92. The fraction of sp³-hybridized carbons (Fsp3) is 0.281. The second kappa shape index (κ2) is 12.2. The van der Waals surface area contributed by atoms with Gasteiger partial charge in [-0.25, -0.2) is 9.18 Å². The largest absolute Gasteiger partial charge is 0.486 e. The Morgan fingerprint density at radius 2 is 1.87 bits per heavy atom. The quantitative estimate of drug-likeness (QED) is 0.235. The Kier molecular flexibility index (Phi) is 8.27. The molecule has 202 valence electrons. The molecule has 1 unspecified atom stereocenters. The Morgan fingerprint density at radius 1 is 1.08 bits per heavy atom. The van der Waals surface area contributed by atoms with Crippen LogP contribution in [0, 0.1) is 5.82 Å². The summed E-state index contributed by atoms with van der Waals surface area (Å²) < 4.78 is 31.2. The number of esters is 1. The van der Waals surface area contributed by atoms with E-state index in [1.807, 2.05) is 24.3 Å². The van der Waals surface area contributed by atoms with Gasteiger partial charge in [0.1, 0.15) is 11.9 Å². The maximum absolute atomic E-state index is 14.5. The zero-order chi connectivity index (χ0) is 27.2. The van der Waals surface area contributed by atoms with Crippen molar-refractivity contribution in [1.82, 2.24) is 5.32 Å². The summed E-state index contributed by atoms with van der Waals surface area (Å²) in [7, 11) is 0. The number of halogens is 1. The van der Waals surface area contributed by atoms with Gasteiger partial charge in [-0.1, -0.05) is 54.6 Å². The number of hydrogen-bond donors (Lipinski definition) is 1. The number of ether oxygens (including phenoxy) is 3. The van der Waals surface area contributed by atoms with E-state index in [0.717, 1.165) is 30.1 Å². The Hall–Kier alpha value is -4.10. The first-order valence-electron chi connectivity index (χ1n) is 13.4. The molecule has 0 fully saturated rings. The van der Waals surface area contributed by atoms with Crippen LogP contribution in [0.25, 0.3) is 10.8 Å². The molecule has 6 nitrogen and oxygen atoms in total. The number of rotatable bonds is 10. The van der Waals surface area contributed by atoms with Crippen LogP contribution < -0.4 is 19.7 Å². The maximum atomic E-state index is 14.5. The lowest BCUT2D eigenvalue weighted by atomic mass is 9.99. The predicted octanol–water partition coefficient (Wildman–Crippen LogP) is 6.56. The van der Waals surface area contributed by atoms with Gasteiger partial charge in [0, 0.05) is 17.8 Å². The molecule has 0 aromatic heterocycles. The third-order valence-electron chi connectivity index (χ3n) is 6.92. The number of fused-ring (bicyclic) bond motifs is 2. The van der Waals surface area contributed by atoms with Crippen molar-refractivity contribution in [1.29, 1.82) is 0 Å². The van der Waals surface area contributed by atoms with E-state index >= 15 is 0 Å². The fourth-order valence-electron chi connectivity index (χ4n) is 5.00. The third kappa shape index (κ3) is 6.15. The van der Waals surface area contributed by atoms with E-state index in [1.165, 1.54) is 22.4 Å². The molecule has 0 aliphatic carbocycles. The predicted molar refractivity (Wildman–Crippen MR) is 151 cm³/mol. The number of nitrogens with zero attached hydrogens (tertiary/aromatic N) is 1. The van der Waals surface area contributed by atoms with Gasteiger partial charge < -0.3 is 24.4 Å². The van der Waals surface area contributed by atoms with E-state index in [1.54, 1.807) is 19.1 Å². The van der Waals surface area contributed by atoms with Gasteiger partial charge in [0.05, 0.1) is 18.8 Å². The van der Waals surface area contributed by atoms with E-state index in [2.05, 4.69) is 59.6 Å².